The molecule has 5 heteroatoms. The van der Waals surface area contributed by atoms with Gasteiger partial charge in [-0.2, -0.15) is 0 Å². The normalized spacial score (nSPS) is 11.3. The third-order valence-corrected chi connectivity index (χ3v) is 4.02. The smallest absolute Gasteiger partial charge is 0.191 e. The maximum absolute atomic E-state index is 13.2. The molecule has 0 unspecified atom stereocenters. The molecule has 0 aliphatic heterocycles. The van der Waals surface area contributed by atoms with Crippen LogP contribution in [0.25, 0.3) is 0 Å². The highest BCUT2D eigenvalue weighted by Crippen LogP contribution is 2.14. The lowest BCUT2D eigenvalue weighted by atomic mass is 10.2. The van der Waals surface area contributed by atoms with E-state index in [9.17, 15) is 4.39 Å². The Balaban J connectivity index is 1.95. The van der Waals surface area contributed by atoms with Gasteiger partial charge in [-0.3, -0.25) is 0 Å². The molecule has 0 spiro atoms. The second-order valence-corrected chi connectivity index (χ2v) is 5.91. The van der Waals surface area contributed by atoms with E-state index in [1.165, 1.54) is 22.6 Å². The number of aliphatic imine (C=N–C) groups is 1. The van der Waals surface area contributed by atoms with Crippen molar-refractivity contribution in [2.75, 3.05) is 12.8 Å². The van der Waals surface area contributed by atoms with E-state index in [1.807, 2.05) is 13.0 Å². The molecule has 0 amide bonds. The summed E-state index contributed by atoms with van der Waals surface area (Å²) in [4.78, 5) is 5.75. The molecule has 23 heavy (non-hydrogen) atoms. The lowest BCUT2D eigenvalue weighted by molar-refractivity contribution is 0.625. The van der Waals surface area contributed by atoms with Gasteiger partial charge in [-0.25, -0.2) is 9.38 Å². The summed E-state index contributed by atoms with van der Waals surface area (Å²) in [6.45, 7) is 3.94. The highest BCUT2D eigenvalue weighted by Gasteiger charge is 2.00. The number of benzene rings is 2. The predicted octanol–water partition coefficient (Wildman–Crippen LogP) is 3.80. The van der Waals surface area contributed by atoms with E-state index in [4.69, 9.17) is 0 Å². The van der Waals surface area contributed by atoms with E-state index in [0.717, 1.165) is 18.1 Å². The summed E-state index contributed by atoms with van der Waals surface area (Å²) in [5.41, 5.74) is 2.05. The molecular formula is C18H22FN3S. The van der Waals surface area contributed by atoms with Gasteiger partial charge in [-0.15, -0.1) is 11.8 Å². The van der Waals surface area contributed by atoms with E-state index < -0.39 is 0 Å². The van der Waals surface area contributed by atoms with Gasteiger partial charge >= 0.3 is 0 Å². The highest BCUT2D eigenvalue weighted by atomic mass is 32.2. The molecule has 2 aromatic carbocycles. The summed E-state index contributed by atoms with van der Waals surface area (Å²) < 4.78 is 13.2. The van der Waals surface area contributed by atoms with Crippen LogP contribution >= 0.6 is 11.8 Å². The quantitative estimate of drug-likeness (QED) is 0.480. The fourth-order valence-corrected chi connectivity index (χ4v) is 2.48. The number of hydrogen-bond acceptors (Lipinski definition) is 2. The maximum atomic E-state index is 13.2. The molecule has 0 bridgehead atoms. The van der Waals surface area contributed by atoms with Crippen molar-refractivity contribution in [2.24, 2.45) is 4.99 Å². The Morgan fingerprint density at radius 3 is 2.52 bits per heavy atom. The van der Waals surface area contributed by atoms with Gasteiger partial charge in [0.1, 0.15) is 5.82 Å². The van der Waals surface area contributed by atoms with Gasteiger partial charge in [0.2, 0.25) is 0 Å². The number of guanidine groups is 1. The fraction of sp³-hybridized carbons (Fsp3) is 0.278. The Bertz CT molecular complexity index is 641. The van der Waals surface area contributed by atoms with Gasteiger partial charge in [0.15, 0.2) is 5.96 Å². The molecule has 0 saturated carbocycles. The standard InChI is InChI=1S/C18H22FN3S/c1-3-20-18(22-13-15-5-4-6-16(19)11-15)21-12-14-7-9-17(23-2)10-8-14/h4-11H,3,12-13H2,1-2H3,(H2,20,21,22). The highest BCUT2D eigenvalue weighted by molar-refractivity contribution is 7.98. The molecule has 2 rings (SSSR count). The second kappa shape index (κ2) is 9.20. The average Bonchev–Trinajstić information content (AvgIpc) is 2.58. The topological polar surface area (TPSA) is 36.4 Å². The van der Waals surface area contributed by atoms with Crippen molar-refractivity contribution in [3.8, 4) is 0 Å². The van der Waals surface area contributed by atoms with Crippen LogP contribution in [0.2, 0.25) is 0 Å². The molecule has 0 saturated heterocycles. The van der Waals surface area contributed by atoms with Gasteiger partial charge in [-0.05, 0) is 48.6 Å². The fourth-order valence-electron chi connectivity index (χ4n) is 2.08. The third-order valence-electron chi connectivity index (χ3n) is 3.27. The molecule has 0 aliphatic carbocycles. The van der Waals surface area contributed by atoms with Crippen molar-refractivity contribution in [3.63, 3.8) is 0 Å². The average molecular weight is 331 g/mol. The zero-order chi connectivity index (χ0) is 16.5. The number of thioether (sulfide) groups is 1. The monoisotopic (exact) mass is 331 g/mol. The minimum atomic E-state index is -0.232. The van der Waals surface area contributed by atoms with Gasteiger partial charge in [-0.1, -0.05) is 24.3 Å². The first-order valence-electron chi connectivity index (χ1n) is 7.61. The summed E-state index contributed by atoms with van der Waals surface area (Å²) in [6.07, 6.45) is 2.07. The van der Waals surface area contributed by atoms with Crippen LogP contribution in [-0.4, -0.2) is 18.8 Å². The number of nitrogens with one attached hydrogen (secondary N) is 2. The molecule has 0 fully saturated rings. The van der Waals surface area contributed by atoms with Crippen molar-refractivity contribution in [1.29, 1.82) is 0 Å². The Morgan fingerprint density at radius 2 is 1.87 bits per heavy atom. The maximum Gasteiger partial charge on any atom is 0.191 e. The van der Waals surface area contributed by atoms with E-state index >= 15 is 0 Å². The Labute approximate surface area is 141 Å². The van der Waals surface area contributed by atoms with Gasteiger partial charge in [0.05, 0.1) is 6.54 Å². The zero-order valence-corrected chi connectivity index (χ0v) is 14.3. The summed E-state index contributed by atoms with van der Waals surface area (Å²) in [6, 6.07) is 15.0. The van der Waals surface area contributed by atoms with Crippen molar-refractivity contribution >= 4 is 17.7 Å². The summed E-state index contributed by atoms with van der Waals surface area (Å²) in [7, 11) is 0. The minimum absolute atomic E-state index is 0.232. The van der Waals surface area contributed by atoms with E-state index in [2.05, 4.69) is 46.1 Å². The van der Waals surface area contributed by atoms with Crippen LogP contribution in [0.3, 0.4) is 0 Å². The van der Waals surface area contributed by atoms with Gasteiger partial charge < -0.3 is 10.6 Å². The molecule has 0 heterocycles. The second-order valence-electron chi connectivity index (χ2n) is 5.03. The summed E-state index contributed by atoms with van der Waals surface area (Å²) >= 11 is 1.73. The van der Waals surface area contributed by atoms with Crippen LogP contribution in [0.4, 0.5) is 4.39 Å². The Morgan fingerprint density at radius 1 is 1.09 bits per heavy atom. The van der Waals surface area contributed by atoms with Crippen LogP contribution in [0.15, 0.2) is 58.4 Å². The molecule has 122 valence electrons. The van der Waals surface area contributed by atoms with Crippen molar-refractivity contribution in [2.45, 2.75) is 24.9 Å². The molecular weight excluding hydrogens is 309 g/mol. The van der Waals surface area contributed by atoms with E-state index in [-0.39, 0.29) is 5.82 Å². The number of rotatable bonds is 6. The first kappa shape index (κ1) is 17.3. The van der Waals surface area contributed by atoms with Crippen molar-refractivity contribution in [3.05, 3.63) is 65.5 Å². The molecule has 0 atom stereocenters. The molecule has 2 aromatic rings. The van der Waals surface area contributed by atoms with Crippen molar-refractivity contribution in [1.82, 2.24) is 10.6 Å². The van der Waals surface area contributed by atoms with Crippen LogP contribution in [0, 0.1) is 5.82 Å². The number of halogens is 1. The summed E-state index contributed by atoms with van der Waals surface area (Å²) in [5.74, 6) is 0.496. The molecule has 0 aromatic heterocycles. The van der Waals surface area contributed by atoms with Crippen LogP contribution in [-0.2, 0) is 13.1 Å². The largest absolute Gasteiger partial charge is 0.357 e. The van der Waals surface area contributed by atoms with Gasteiger partial charge in [0.25, 0.3) is 0 Å². The van der Waals surface area contributed by atoms with Gasteiger partial charge in [0, 0.05) is 18.0 Å². The molecule has 2 N–H and O–H groups in total. The van der Waals surface area contributed by atoms with E-state index in [0.29, 0.717) is 13.1 Å². The van der Waals surface area contributed by atoms with Crippen LogP contribution in [0.5, 0.6) is 0 Å². The molecule has 3 nitrogen and oxygen atoms in total. The lowest BCUT2D eigenvalue weighted by Crippen LogP contribution is -2.36. The predicted molar refractivity (Wildman–Crippen MR) is 96.3 cm³/mol. The Hall–Kier alpha value is -2.01. The zero-order valence-electron chi connectivity index (χ0n) is 13.5. The number of nitrogens with zero attached hydrogens (tertiary/aromatic N) is 1. The van der Waals surface area contributed by atoms with Crippen LogP contribution in [0.1, 0.15) is 18.1 Å². The van der Waals surface area contributed by atoms with Crippen molar-refractivity contribution < 1.29 is 4.39 Å². The third kappa shape index (κ3) is 5.94. The first-order valence-corrected chi connectivity index (χ1v) is 8.83. The van der Waals surface area contributed by atoms with Crippen LogP contribution < -0.4 is 10.6 Å². The first-order chi connectivity index (χ1) is 11.2. The minimum Gasteiger partial charge on any atom is -0.357 e. The SMILES string of the molecule is CCNC(=NCc1cccc(F)c1)NCc1ccc(SC)cc1. The summed E-state index contributed by atoms with van der Waals surface area (Å²) in [5, 5.41) is 6.50. The number of hydrogen-bond donors (Lipinski definition) is 2. The lowest BCUT2D eigenvalue weighted by Gasteiger charge is -2.11. The molecule has 0 aliphatic rings. The Kier molecular flexibility index (Phi) is 6.94. The molecule has 0 radical (unpaired) electrons. The van der Waals surface area contributed by atoms with E-state index in [1.54, 1.807) is 17.8 Å².